The summed E-state index contributed by atoms with van der Waals surface area (Å²) in [6, 6.07) is 11.7. The minimum absolute atomic E-state index is 0.0318. The van der Waals surface area contributed by atoms with Crippen molar-refractivity contribution >= 4 is 0 Å². The van der Waals surface area contributed by atoms with E-state index in [-0.39, 0.29) is 17.0 Å². The van der Waals surface area contributed by atoms with E-state index in [1.807, 2.05) is 38.1 Å². The molecule has 0 aliphatic carbocycles. The van der Waals surface area contributed by atoms with Gasteiger partial charge < -0.3 is 9.72 Å². The van der Waals surface area contributed by atoms with Crippen LogP contribution in [0.4, 0.5) is 13.2 Å². The Morgan fingerprint density at radius 1 is 1.17 bits per heavy atom. The maximum Gasteiger partial charge on any atom is 0.431 e. The molecule has 1 N–H and O–H groups in total. The van der Waals surface area contributed by atoms with Gasteiger partial charge in [-0.05, 0) is 36.6 Å². The summed E-state index contributed by atoms with van der Waals surface area (Å²) < 4.78 is 45.0. The lowest BCUT2D eigenvalue weighted by Crippen LogP contribution is -2.35. The van der Waals surface area contributed by atoms with Crippen LogP contribution in [0, 0.1) is 18.3 Å². The molecule has 0 atom stereocenters. The fourth-order valence-corrected chi connectivity index (χ4v) is 2.97. The maximum absolute atomic E-state index is 12.8. The number of rotatable bonds is 4. The smallest absolute Gasteiger partial charge is 0.431 e. The molecule has 6 nitrogen and oxygen atoms in total. The van der Waals surface area contributed by atoms with Gasteiger partial charge in [-0.15, -0.1) is 0 Å². The highest BCUT2D eigenvalue weighted by molar-refractivity contribution is 5.53. The van der Waals surface area contributed by atoms with Crippen molar-refractivity contribution in [2.75, 3.05) is 0 Å². The molecule has 2 aromatic carbocycles. The number of para-hydroxylation sites is 1. The SMILES string of the molecule is CCc1cccc(C)c1Oc1cc(-n2c(=O)cc(C(F)(F)F)[nH]c2=O)ccc1C#N. The van der Waals surface area contributed by atoms with E-state index in [1.165, 1.54) is 18.2 Å². The third-order valence-electron chi connectivity index (χ3n) is 4.47. The lowest BCUT2D eigenvalue weighted by atomic mass is 10.1. The van der Waals surface area contributed by atoms with Crippen LogP contribution in [0.25, 0.3) is 5.69 Å². The van der Waals surface area contributed by atoms with E-state index in [0.29, 0.717) is 22.8 Å². The van der Waals surface area contributed by atoms with Gasteiger partial charge in [0, 0.05) is 12.1 Å². The van der Waals surface area contributed by atoms with Gasteiger partial charge in [0.25, 0.3) is 5.56 Å². The molecule has 30 heavy (non-hydrogen) atoms. The number of ether oxygens (including phenoxy) is 1. The molecular formula is C21H16F3N3O3. The predicted molar refractivity (Wildman–Crippen MR) is 103 cm³/mol. The fraction of sp³-hybridized carbons (Fsp3) is 0.190. The third kappa shape index (κ3) is 3.98. The summed E-state index contributed by atoms with van der Waals surface area (Å²) in [5.41, 5.74) is -2.05. The van der Waals surface area contributed by atoms with Crippen molar-refractivity contribution in [2.24, 2.45) is 0 Å². The summed E-state index contributed by atoms with van der Waals surface area (Å²) >= 11 is 0. The van der Waals surface area contributed by atoms with E-state index < -0.39 is 23.1 Å². The zero-order valence-electron chi connectivity index (χ0n) is 16.0. The van der Waals surface area contributed by atoms with Gasteiger partial charge in [0.15, 0.2) is 0 Å². The number of benzene rings is 2. The number of hydrogen-bond acceptors (Lipinski definition) is 4. The molecule has 0 unspecified atom stereocenters. The summed E-state index contributed by atoms with van der Waals surface area (Å²) in [5.74, 6) is 0.604. The minimum atomic E-state index is -4.86. The summed E-state index contributed by atoms with van der Waals surface area (Å²) in [4.78, 5) is 26.1. The molecule has 1 aromatic heterocycles. The minimum Gasteiger partial charge on any atom is -0.455 e. The highest BCUT2D eigenvalue weighted by atomic mass is 19.4. The van der Waals surface area contributed by atoms with Crippen molar-refractivity contribution in [3.05, 3.63) is 85.7 Å². The molecule has 0 bridgehead atoms. The molecule has 1 heterocycles. The predicted octanol–water partition coefficient (Wildman–Crippen LogP) is 4.08. The number of hydrogen-bond donors (Lipinski definition) is 1. The van der Waals surface area contributed by atoms with E-state index in [4.69, 9.17) is 4.74 Å². The van der Waals surface area contributed by atoms with Crippen LogP contribution in [0.5, 0.6) is 11.5 Å². The molecule has 9 heteroatoms. The number of halogens is 3. The van der Waals surface area contributed by atoms with E-state index in [0.717, 1.165) is 11.1 Å². The molecule has 0 aliphatic rings. The third-order valence-corrected chi connectivity index (χ3v) is 4.47. The van der Waals surface area contributed by atoms with Crippen LogP contribution in [0.2, 0.25) is 0 Å². The van der Waals surface area contributed by atoms with E-state index in [2.05, 4.69) is 0 Å². The van der Waals surface area contributed by atoms with Gasteiger partial charge in [0.1, 0.15) is 23.3 Å². The van der Waals surface area contributed by atoms with Crippen molar-refractivity contribution in [1.82, 2.24) is 9.55 Å². The number of alkyl halides is 3. The largest absolute Gasteiger partial charge is 0.455 e. The first-order valence-electron chi connectivity index (χ1n) is 8.90. The van der Waals surface area contributed by atoms with E-state index in [9.17, 15) is 28.0 Å². The lowest BCUT2D eigenvalue weighted by Gasteiger charge is -2.15. The number of aryl methyl sites for hydroxylation is 2. The summed E-state index contributed by atoms with van der Waals surface area (Å²) in [6.07, 6.45) is -4.20. The molecule has 0 saturated heterocycles. The monoisotopic (exact) mass is 415 g/mol. The number of aromatic nitrogens is 2. The van der Waals surface area contributed by atoms with Gasteiger partial charge in [-0.1, -0.05) is 25.1 Å². The normalized spacial score (nSPS) is 11.2. The van der Waals surface area contributed by atoms with E-state index >= 15 is 0 Å². The van der Waals surface area contributed by atoms with Gasteiger partial charge in [0.2, 0.25) is 0 Å². The van der Waals surface area contributed by atoms with Crippen LogP contribution >= 0.6 is 0 Å². The van der Waals surface area contributed by atoms with Gasteiger partial charge in [-0.2, -0.15) is 18.4 Å². The topological polar surface area (TPSA) is 87.9 Å². The fourth-order valence-electron chi connectivity index (χ4n) is 2.97. The Labute approximate surface area is 168 Å². The van der Waals surface area contributed by atoms with Crippen LogP contribution in [0.1, 0.15) is 29.3 Å². The van der Waals surface area contributed by atoms with Crippen LogP contribution in [-0.4, -0.2) is 9.55 Å². The number of H-pyrrole nitrogens is 1. The molecule has 3 aromatic rings. The molecule has 0 saturated carbocycles. The Morgan fingerprint density at radius 2 is 1.90 bits per heavy atom. The Morgan fingerprint density at radius 3 is 2.50 bits per heavy atom. The molecule has 0 amide bonds. The Kier molecular flexibility index (Phi) is 5.52. The average molecular weight is 415 g/mol. The maximum atomic E-state index is 12.8. The van der Waals surface area contributed by atoms with Gasteiger partial charge >= 0.3 is 11.9 Å². The van der Waals surface area contributed by atoms with Crippen molar-refractivity contribution in [2.45, 2.75) is 26.4 Å². The second-order valence-corrected chi connectivity index (χ2v) is 6.47. The first-order valence-corrected chi connectivity index (χ1v) is 8.90. The zero-order valence-corrected chi connectivity index (χ0v) is 16.0. The first-order chi connectivity index (χ1) is 14.2. The number of nitrogens with zero attached hydrogens (tertiary/aromatic N) is 2. The zero-order chi connectivity index (χ0) is 22.1. The average Bonchev–Trinajstić information content (AvgIpc) is 2.68. The lowest BCUT2D eigenvalue weighted by molar-refractivity contribution is -0.141. The highest BCUT2D eigenvalue weighted by Crippen LogP contribution is 2.32. The summed E-state index contributed by atoms with van der Waals surface area (Å²) in [5, 5.41) is 9.40. The second kappa shape index (κ2) is 7.91. The molecule has 0 spiro atoms. The molecule has 154 valence electrons. The number of nitrogens with one attached hydrogen (secondary N) is 1. The molecular weight excluding hydrogens is 399 g/mol. The Bertz CT molecular complexity index is 1240. The van der Waals surface area contributed by atoms with Crippen molar-refractivity contribution in [3.63, 3.8) is 0 Å². The highest BCUT2D eigenvalue weighted by Gasteiger charge is 2.33. The quantitative estimate of drug-likeness (QED) is 0.696. The number of nitriles is 1. The Balaban J connectivity index is 2.15. The van der Waals surface area contributed by atoms with Crippen LogP contribution in [-0.2, 0) is 12.6 Å². The summed E-state index contributed by atoms with van der Waals surface area (Å²) in [6.45, 7) is 3.76. The first kappa shape index (κ1) is 20.9. The van der Waals surface area contributed by atoms with Crippen molar-refractivity contribution in [1.29, 1.82) is 5.26 Å². The van der Waals surface area contributed by atoms with Crippen LogP contribution < -0.4 is 16.0 Å². The van der Waals surface area contributed by atoms with E-state index in [1.54, 1.807) is 4.98 Å². The van der Waals surface area contributed by atoms with Crippen molar-refractivity contribution < 1.29 is 17.9 Å². The Hall–Kier alpha value is -3.80. The van der Waals surface area contributed by atoms with Gasteiger partial charge in [0.05, 0.1) is 11.3 Å². The van der Waals surface area contributed by atoms with Gasteiger partial charge in [-0.3, -0.25) is 4.79 Å². The second-order valence-electron chi connectivity index (χ2n) is 6.47. The number of aromatic amines is 1. The molecule has 0 aliphatic heterocycles. The van der Waals surface area contributed by atoms with Crippen LogP contribution in [0.3, 0.4) is 0 Å². The standard InChI is InChI=1S/C21H16F3N3O3/c1-3-13-6-4-5-12(2)19(13)30-16-9-15(8-7-14(16)11-25)27-18(28)10-17(21(22,23)24)26-20(27)29/h4-10H,3H2,1-2H3,(H,26,29). The molecule has 3 rings (SSSR count). The summed E-state index contributed by atoms with van der Waals surface area (Å²) in [7, 11) is 0. The molecule has 0 radical (unpaired) electrons. The van der Waals surface area contributed by atoms with Crippen molar-refractivity contribution in [3.8, 4) is 23.3 Å². The van der Waals surface area contributed by atoms with Gasteiger partial charge in [-0.25, -0.2) is 9.36 Å². The molecule has 0 fully saturated rings. The van der Waals surface area contributed by atoms with Crippen LogP contribution in [0.15, 0.2) is 52.1 Å².